The number of nitrogens with zero attached hydrogens (tertiary/aromatic N) is 3. The molecule has 1 aliphatic rings. The maximum Gasteiger partial charge on any atom is 0.274 e. The van der Waals surface area contributed by atoms with Crippen molar-refractivity contribution in [1.29, 1.82) is 0 Å². The van der Waals surface area contributed by atoms with Gasteiger partial charge < -0.3 is 24.0 Å². The highest BCUT2D eigenvalue weighted by molar-refractivity contribution is 5.99. The lowest BCUT2D eigenvalue weighted by Crippen LogP contribution is -2.37. The number of aryl methyl sites for hydroxylation is 3. The highest BCUT2D eigenvalue weighted by Gasteiger charge is 2.33. The third kappa shape index (κ3) is 4.03. The van der Waals surface area contributed by atoms with E-state index in [1.165, 1.54) is 0 Å². The van der Waals surface area contributed by atoms with E-state index in [-0.39, 0.29) is 30.0 Å². The first kappa shape index (κ1) is 20.6. The van der Waals surface area contributed by atoms with Gasteiger partial charge in [0.2, 0.25) is 5.91 Å². The lowest BCUT2D eigenvalue weighted by atomic mass is 10.0. The monoisotopic (exact) mass is 424 g/mol. The van der Waals surface area contributed by atoms with E-state index >= 15 is 0 Å². The number of hydrogen-bond donors (Lipinski definition) is 1. The van der Waals surface area contributed by atoms with Gasteiger partial charge in [-0.25, -0.2) is 0 Å². The second-order valence-electron chi connectivity index (χ2n) is 7.63. The first-order valence-electron chi connectivity index (χ1n) is 9.99. The zero-order chi connectivity index (χ0) is 22.1. The first-order chi connectivity index (χ1) is 14.9. The number of carbonyl (C=O) groups excluding carboxylic acids is 2. The number of anilines is 1. The van der Waals surface area contributed by atoms with Crippen LogP contribution in [0.25, 0.3) is 0 Å². The van der Waals surface area contributed by atoms with Gasteiger partial charge in [-0.05, 0) is 32.9 Å². The van der Waals surface area contributed by atoms with Crippen molar-refractivity contribution in [3.05, 3.63) is 58.3 Å². The van der Waals surface area contributed by atoms with E-state index in [0.29, 0.717) is 35.8 Å². The molecule has 2 aromatic heterocycles. The predicted octanol–water partition coefficient (Wildman–Crippen LogP) is 2.72. The van der Waals surface area contributed by atoms with Gasteiger partial charge in [-0.2, -0.15) is 0 Å². The summed E-state index contributed by atoms with van der Waals surface area (Å²) in [5.41, 5.74) is 3.29. The third-order valence-corrected chi connectivity index (χ3v) is 5.56. The highest BCUT2D eigenvalue weighted by atomic mass is 16.5. The molecule has 4 rings (SSSR count). The Morgan fingerprint density at radius 1 is 1.19 bits per heavy atom. The largest absolute Gasteiger partial charge is 0.497 e. The number of carbonyl (C=O) groups is 2. The van der Waals surface area contributed by atoms with Crippen LogP contribution in [0.15, 0.2) is 33.3 Å². The summed E-state index contributed by atoms with van der Waals surface area (Å²) in [5.74, 6) is 1.49. The quantitative estimate of drug-likeness (QED) is 0.648. The van der Waals surface area contributed by atoms with Crippen LogP contribution in [0.4, 0.5) is 5.69 Å². The summed E-state index contributed by atoms with van der Waals surface area (Å²) in [6.07, 6.45) is 0.637. The lowest BCUT2D eigenvalue weighted by molar-refractivity contribution is -0.117. The molecule has 9 heteroatoms. The molecule has 0 radical (unpaired) electrons. The van der Waals surface area contributed by atoms with Crippen LogP contribution in [0.1, 0.15) is 45.3 Å². The lowest BCUT2D eigenvalue weighted by Gasteiger charge is -2.17. The van der Waals surface area contributed by atoms with Crippen LogP contribution in [0, 0.1) is 20.8 Å². The Balaban J connectivity index is 1.49. The average Bonchev–Trinajstić information content (AvgIpc) is 3.41. The van der Waals surface area contributed by atoms with E-state index in [4.69, 9.17) is 13.8 Å². The molecule has 162 valence electrons. The van der Waals surface area contributed by atoms with Gasteiger partial charge in [0.25, 0.3) is 5.91 Å². The van der Waals surface area contributed by atoms with E-state index in [1.54, 1.807) is 25.0 Å². The molecule has 1 atom stereocenters. The minimum absolute atomic E-state index is 0.0640. The van der Waals surface area contributed by atoms with Gasteiger partial charge in [0.15, 0.2) is 5.69 Å². The Labute approximate surface area is 179 Å². The highest BCUT2D eigenvalue weighted by Crippen LogP contribution is 2.26. The fourth-order valence-electron chi connectivity index (χ4n) is 3.79. The molecule has 31 heavy (non-hydrogen) atoms. The summed E-state index contributed by atoms with van der Waals surface area (Å²) < 4.78 is 15.8. The van der Waals surface area contributed by atoms with Gasteiger partial charge in [-0.3, -0.25) is 9.59 Å². The second-order valence-corrected chi connectivity index (χ2v) is 7.63. The number of benzene rings is 1. The molecule has 0 bridgehead atoms. The molecule has 1 fully saturated rings. The summed E-state index contributed by atoms with van der Waals surface area (Å²) in [6, 6.07) is 6.94. The van der Waals surface area contributed by atoms with Crippen LogP contribution < -0.4 is 15.0 Å². The molecule has 0 spiro atoms. The molecule has 9 nitrogen and oxygen atoms in total. The maximum absolute atomic E-state index is 13.0. The predicted molar refractivity (Wildman–Crippen MR) is 111 cm³/mol. The van der Waals surface area contributed by atoms with Crippen LogP contribution >= 0.6 is 0 Å². The molecule has 1 saturated heterocycles. The average molecular weight is 424 g/mol. The van der Waals surface area contributed by atoms with Crippen molar-refractivity contribution in [2.45, 2.75) is 39.7 Å². The van der Waals surface area contributed by atoms with Crippen molar-refractivity contribution in [3.8, 4) is 5.75 Å². The van der Waals surface area contributed by atoms with Gasteiger partial charge in [-0.1, -0.05) is 16.4 Å². The zero-order valence-electron chi connectivity index (χ0n) is 17.9. The van der Waals surface area contributed by atoms with Gasteiger partial charge in [-0.15, -0.1) is 0 Å². The van der Waals surface area contributed by atoms with Crippen molar-refractivity contribution in [2.75, 3.05) is 18.6 Å². The Morgan fingerprint density at radius 3 is 2.65 bits per heavy atom. The number of ether oxygens (including phenoxy) is 1. The number of amides is 2. The van der Waals surface area contributed by atoms with Crippen molar-refractivity contribution in [2.24, 2.45) is 0 Å². The molecular weight excluding hydrogens is 400 g/mol. The molecule has 3 aromatic rings. The first-order valence-corrected chi connectivity index (χ1v) is 9.99. The number of nitrogens with one attached hydrogen (secondary N) is 1. The molecule has 1 aliphatic heterocycles. The molecule has 0 saturated carbocycles. The Morgan fingerprint density at radius 2 is 1.94 bits per heavy atom. The second kappa shape index (κ2) is 8.25. The number of aromatic nitrogens is 2. The molecule has 1 aromatic carbocycles. The van der Waals surface area contributed by atoms with Crippen molar-refractivity contribution < 1.29 is 23.4 Å². The smallest absolute Gasteiger partial charge is 0.274 e. The third-order valence-electron chi connectivity index (χ3n) is 5.56. The van der Waals surface area contributed by atoms with Gasteiger partial charge in [0.1, 0.15) is 17.3 Å². The minimum Gasteiger partial charge on any atom is -0.497 e. The summed E-state index contributed by atoms with van der Waals surface area (Å²) in [7, 11) is 1.58. The molecule has 3 heterocycles. The van der Waals surface area contributed by atoms with Gasteiger partial charge in [0, 0.05) is 42.3 Å². The molecule has 2 amide bonds. The number of hydrogen-bond acceptors (Lipinski definition) is 7. The van der Waals surface area contributed by atoms with Crippen LogP contribution in [0.5, 0.6) is 5.75 Å². The van der Waals surface area contributed by atoms with E-state index in [2.05, 4.69) is 15.6 Å². The molecule has 1 unspecified atom stereocenters. The number of rotatable bonds is 6. The Hall–Kier alpha value is -3.62. The van der Waals surface area contributed by atoms with Crippen LogP contribution in [0.2, 0.25) is 0 Å². The minimum atomic E-state index is -0.371. The van der Waals surface area contributed by atoms with E-state index < -0.39 is 0 Å². The van der Waals surface area contributed by atoms with Crippen molar-refractivity contribution in [3.63, 3.8) is 0 Å². The summed E-state index contributed by atoms with van der Waals surface area (Å²) in [5, 5.41) is 10.8. The Kier molecular flexibility index (Phi) is 5.50. The fourth-order valence-corrected chi connectivity index (χ4v) is 3.79. The van der Waals surface area contributed by atoms with Gasteiger partial charge in [0.05, 0.1) is 18.8 Å². The standard InChI is InChI=1S/C22H24N4O5/c1-12-18(13(2)30-24-12)10-19-14(3)31-25-21(19)22(28)23-15-8-20(27)26(11-15)16-6-5-7-17(9-16)29-4/h5-7,9,15H,8,10-11H2,1-4H3,(H,23,28). The van der Waals surface area contributed by atoms with Crippen LogP contribution in [0.3, 0.4) is 0 Å². The van der Waals surface area contributed by atoms with Crippen LogP contribution in [-0.4, -0.2) is 41.8 Å². The SMILES string of the molecule is COc1cccc(N2CC(NC(=O)c3noc(C)c3Cc3c(C)noc3C)CC2=O)c1. The fraction of sp³-hybridized carbons (Fsp3) is 0.364. The summed E-state index contributed by atoms with van der Waals surface area (Å²) >= 11 is 0. The van der Waals surface area contributed by atoms with E-state index in [9.17, 15) is 9.59 Å². The van der Waals surface area contributed by atoms with E-state index in [0.717, 1.165) is 16.9 Å². The molecular formula is C22H24N4O5. The van der Waals surface area contributed by atoms with Crippen molar-refractivity contribution >= 4 is 17.5 Å². The Bertz CT molecular complexity index is 1110. The normalized spacial score (nSPS) is 16.1. The summed E-state index contributed by atoms with van der Waals surface area (Å²) in [4.78, 5) is 27.1. The number of methoxy groups -OCH3 is 1. The zero-order valence-corrected chi connectivity index (χ0v) is 17.9. The van der Waals surface area contributed by atoms with Crippen molar-refractivity contribution in [1.82, 2.24) is 15.6 Å². The van der Waals surface area contributed by atoms with Gasteiger partial charge >= 0.3 is 0 Å². The van der Waals surface area contributed by atoms with E-state index in [1.807, 2.05) is 32.0 Å². The summed E-state index contributed by atoms with van der Waals surface area (Å²) in [6.45, 7) is 5.82. The topological polar surface area (TPSA) is 111 Å². The maximum atomic E-state index is 13.0. The molecule has 1 N–H and O–H groups in total. The molecule has 0 aliphatic carbocycles. The van der Waals surface area contributed by atoms with Crippen LogP contribution in [-0.2, 0) is 11.2 Å².